The first-order valence-corrected chi connectivity index (χ1v) is 4.08. The maximum absolute atomic E-state index is 5.94. The second kappa shape index (κ2) is 2.49. The summed E-state index contributed by atoms with van der Waals surface area (Å²) in [4.78, 5) is 0. The van der Waals surface area contributed by atoms with Gasteiger partial charge in [-0.25, -0.2) is 0 Å². The van der Waals surface area contributed by atoms with Crippen molar-refractivity contribution in [3.8, 4) is 0 Å². The van der Waals surface area contributed by atoms with E-state index in [0.717, 1.165) is 16.6 Å². The molecule has 12 heavy (non-hydrogen) atoms. The molecule has 62 valence electrons. The van der Waals surface area contributed by atoms with Crippen molar-refractivity contribution >= 4 is 22.6 Å². The predicted octanol–water partition coefficient (Wildman–Crippen LogP) is 3.10. The first-order valence-electron chi connectivity index (χ1n) is 3.70. The van der Waals surface area contributed by atoms with Crippen molar-refractivity contribution in [3.05, 3.63) is 28.4 Å². The standard InChI is InChI=1S/C9H8ClNO/c1-5-3-7-6(2)11-12-9(7)8(10)4-5/h3-4H,1-2H3. The monoisotopic (exact) mass is 181 g/mol. The topological polar surface area (TPSA) is 26.0 Å². The van der Waals surface area contributed by atoms with E-state index in [2.05, 4.69) is 5.16 Å². The molecule has 0 fully saturated rings. The van der Waals surface area contributed by atoms with Gasteiger partial charge in [0.05, 0.1) is 10.7 Å². The van der Waals surface area contributed by atoms with Crippen LogP contribution in [0.5, 0.6) is 0 Å². The average Bonchev–Trinajstić information content (AvgIpc) is 2.33. The third-order valence-corrected chi connectivity index (χ3v) is 2.13. The molecule has 0 aliphatic heterocycles. The maximum atomic E-state index is 5.94. The molecule has 0 saturated carbocycles. The summed E-state index contributed by atoms with van der Waals surface area (Å²) in [6.45, 7) is 3.90. The number of fused-ring (bicyclic) bond motifs is 1. The summed E-state index contributed by atoms with van der Waals surface area (Å²) in [5, 5.41) is 5.47. The largest absolute Gasteiger partial charge is 0.354 e. The zero-order valence-corrected chi connectivity index (χ0v) is 7.64. The van der Waals surface area contributed by atoms with Crippen LogP contribution in [0.2, 0.25) is 5.02 Å². The molecule has 1 heterocycles. The molecule has 1 aromatic carbocycles. The number of hydrogen-bond donors (Lipinski definition) is 0. The molecule has 2 nitrogen and oxygen atoms in total. The fourth-order valence-electron chi connectivity index (χ4n) is 1.25. The highest BCUT2D eigenvalue weighted by molar-refractivity contribution is 6.34. The van der Waals surface area contributed by atoms with Crippen LogP contribution >= 0.6 is 11.6 Å². The van der Waals surface area contributed by atoms with Gasteiger partial charge in [0, 0.05) is 5.39 Å². The molecular weight excluding hydrogens is 174 g/mol. The highest BCUT2D eigenvalue weighted by Gasteiger charge is 2.07. The van der Waals surface area contributed by atoms with Crippen LogP contribution in [0, 0.1) is 13.8 Å². The van der Waals surface area contributed by atoms with Crippen molar-refractivity contribution in [2.45, 2.75) is 13.8 Å². The van der Waals surface area contributed by atoms with E-state index in [4.69, 9.17) is 16.1 Å². The molecule has 0 atom stereocenters. The van der Waals surface area contributed by atoms with Gasteiger partial charge in [0.2, 0.25) is 0 Å². The average molecular weight is 182 g/mol. The molecule has 0 amide bonds. The van der Waals surface area contributed by atoms with Gasteiger partial charge in [-0.15, -0.1) is 0 Å². The van der Waals surface area contributed by atoms with Crippen molar-refractivity contribution in [1.29, 1.82) is 0 Å². The van der Waals surface area contributed by atoms with Crippen molar-refractivity contribution in [2.24, 2.45) is 0 Å². The van der Waals surface area contributed by atoms with Crippen molar-refractivity contribution in [2.75, 3.05) is 0 Å². The number of aromatic nitrogens is 1. The molecular formula is C9H8ClNO. The number of aryl methyl sites for hydroxylation is 2. The number of hydrogen-bond acceptors (Lipinski definition) is 2. The van der Waals surface area contributed by atoms with E-state index in [1.54, 1.807) is 0 Å². The SMILES string of the molecule is Cc1cc(Cl)c2onc(C)c2c1. The van der Waals surface area contributed by atoms with Gasteiger partial charge in [-0.1, -0.05) is 16.8 Å². The molecule has 0 spiro atoms. The van der Waals surface area contributed by atoms with E-state index in [9.17, 15) is 0 Å². The molecule has 3 heteroatoms. The fraction of sp³-hybridized carbons (Fsp3) is 0.222. The quantitative estimate of drug-likeness (QED) is 0.624. The van der Waals surface area contributed by atoms with E-state index in [-0.39, 0.29) is 0 Å². The Morgan fingerprint density at radius 1 is 1.33 bits per heavy atom. The van der Waals surface area contributed by atoms with Gasteiger partial charge < -0.3 is 4.52 Å². The van der Waals surface area contributed by atoms with Gasteiger partial charge in [0.25, 0.3) is 0 Å². The van der Waals surface area contributed by atoms with Gasteiger partial charge in [-0.05, 0) is 31.5 Å². The molecule has 0 N–H and O–H groups in total. The molecule has 0 unspecified atom stereocenters. The summed E-state index contributed by atoms with van der Waals surface area (Å²) in [6, 6.07) is 3.89. The maximum Gasteiger partial charge on any atom is 0.185 e. The minimum absolute atomic E-state index is 0.630. The van der Waals surface area contributed by atoms with Crippen LogP contribution in [0.25, 0.3) is 11.0 Å². The summed E-state index contributed by atoms with van der Waals surface area (Å²) < 4.78 is 5.05. The van der Waals surface area contributed by atoms with E-state index in [1.807, 2.05) is 26.0 Å². The Labute approximate surface area is 75.1 Å². The van der Waals surface area contributed by atoms with Crippen molar-refractivity contribution in [3.63, 3.8) is 0 Å². The molecule has 0 radical (unpaired) electrons. The fourth-order valence-corrected chi connectivity index (χ4v) is 1.56. The zero-order valence-electron chi connectivity index (χ0n) is 6.89. The van der Waals surface area contributed by atoms with E-state index in [1.165, 1.54) is 0 Å². The molecule has 0 saturated heterocycles. The molecule has 1 aromatic heterocycles. The summed E-state index contributed by atoms with van der Waals surface area (Å²) in [5.74, 6) is 0. The van der Waals surface area contributed by atoms with Crippen LogP contribution in [0.1, 0.15) is 11.3 Å². The Kier molecular flexibility index (Phi) is 1.58. The van der Waals surface area contributed by atoms with Crippen LogP contribution in [-0.4, -0.2) is 5.16 Å². The Balaban J connectivity index is 2.92. The lowest BCUT2D eigenvalue weighted by Crippen LogP contribution is -1.74. The Morgan fingerprint density at radius 2 is 2.08 bits per heavy atom. The number of rotatable bonds is 0. The highest BCUT2D eigenvalue weighted by atomic mass is 35.5. The van der Waals surface area contributed by atoms with E-state index < -0.39 is 0 Å². The van der Waals surface area contributed by atoms with Crippen LogP contribution in [0.15, 0.2) is 16.7 Å². The second-order valence-electron chi connectivity index (χ2n) is 2.89. The number of nitrogens with zero attached hydrogens (tertiary/aromatic N) is 1. The van der Waals surface area contributed by atoms with Gasteiger partial charge >= 0.3 is 0 Å². The van der Waals surface area contributed by atoms with Crippen LogP contribution in [0.4, 0.5) is 0 Å². The molecule has 2 rings (SSSR count). The number of benzene rings is 1. The minimum atomic E-state index is 0.630. The van der Waals surface area contributed by atoms with Gasteiger partial charge in [-0.3, -0.25) is 0 Å². The summed E-state index contributed by atoms with van der Waals surface area (Å²) in [7, 11) is 0. The zero-order chi connectivity index (χ0) is 8.72. The van der Waals surface area contributed by atoms with Gasteiger partial charge in [-0.2, -0.15) is 0 Å². The van der Waals surface area contributed by atoms with Crippen molar-refractivity contribution < 1.29 is 4.52 Å². The smallest absolute Gasteiger partial charge is 0.185 e. The van der Waals surface area contributed by atoms with Crippen LogP contribution in [0.3, 0.4) is 0 Å². The highest BCUT2D eigenvalue weighted by Crippen LogP contribution is 2.26. The molecule has 0 aliphatic carbocycles. The van der Waals surface area contributed by atoms with Crippen LogP contribution in [-0.2, 0) is 0 Å². The third-order valence-electron chi connectivity index (χ3n) is 1.85. The summed E-state index contributed by atoms with van der Waals surface area (Å²) >= 11 is 5.94. The lowest BCUT2D eigenvalue weighted by molar-refractivity contribution is 0.450. The van der Waals surface area contributed by atoms with Gasteiger partial charge in [0.1, 0.15) is 0 Å². The Hall–Kier alpha value is -1.02. The lowest BCUT2D eigenvalue weighted by atomic mass is 10.1. The lowest BCUT2D eigenvalue weighted by Gasteiger charge is -1.94. The predicted molar refractivity (Wildman–Crippen MR) is 48.5 cm³/mol. The molecule has 0 aliphatic rings. The normalized spacial score (nSPS) is 10.9. The molecule has 0 bridgehead atoms. The first kappa shape index (κ1) is 7.62. The van der Waals surface area contributed by atoms with Crippen LogP contribution < -0.4 is 0 Å². The summed E-state index contributed by atoms with van der Waals surface area (Å²) in [6.07, 6.45) is 0. The summed E-state index contributed by atoms with van der Waals surface area (Å²) in [5.41, 5.74) is 2.69. The molecule has 2 aromatic rings. The third kappa shape index (κ3) is 0.994. The Bertz CT molecular complexity index is 433. The first-order chi connectivity index (χ1) is 5.68. The minimum Gasteiger partial charge on any atom is -0.354 e. The van der Waals surface area contributed by atoms with E-state index >= 15 is 0 Å². The van der Waals surface area contributed by atoms with Crippen molar-refractivity contribution in [1.82, 2.24) is 5.16 Å². The Morgan fingerprint density at radius 3 is 2.83 bits per heavy atom. The second-order valence-corrected chi connectivity index (χ2v) is 3.30. The van der Waals surface area contributed by atoms with Gasteiger partial charge in [0.15, 0.2) is 5.58 Å². The number of halogens is 1. The van der Waals surface area contributed by atoms with E-state index in [0.29, 0.717) is 10.6 Å².